The van der Waals surface area contributed by atoms with E-state index in [1.165, 1.54) is 5.56 Å². The molecular formula is C20H19N3O2S. The Morgan fingerprint density at radius 2 is 1.96 bits per heavy atom. The minimum absolute atomic E-state index is 0.752. The van der Waals surface area contributed by atoms with Crippen LogP contribution in [-0.2, 0) is 6.54 Å². The molecule has 132 valence electrons. The molecule has 0 bridgehead atoms. The van der Waals surface area contributed by atoms with Crippen molar-refractivity contribution in [2.75, 3.05) is 19.5 Å². The van der Waals surface area contributed by atoms with E-state index in [4.69, 9.17) is 14.5 Å². The van der Waals surface area contributed by atoms with Crippen molar-refractivity contribution in [2.24, 2.45) is 0 Å². The highest BCUT2D eigenvalue weighted by Gasteiger charge is 2.15. The van der Waals surface area contributed by atoms with E-state index in [-0.39, 0.29) is 0 Å². The summed E-state index contributed by atoms with van der Waals surface area (Å²) in [7, 11) is 3.31. The van der Waals surface area contributed by atoms with Crippen LogP contribution in [0.2, 0.25) is 0 Å². The second kappa shape index (κ2) is 7.09. The number of thiazole rings is 1. The topological polar surface area (TPSA) is 59.2 Å². The Hall–Kier alpha value is -2.99. The fourth-order valence-electron chi connectivity index (χ4n) is 2.94. The molecule has 2 N–H and O–H groups in total. The third-order valence-electron chi connectivity index (χ3n) is 4.24. The van der Waals surface area contributed by atoms with E-state index in [1.807, 2.05) is 36.5 Å². The zero-order valence-corrected chi connectivity index (χ0v) is 15.4. The minimum Gasteiger partial charge on any atom is -0.497 e. The first kappa shape index (κ1) is 16.5. The molecule has 0 radical (unpaired) electrons. The largest absolute Gasteiger partial charge is 0.497 e. The molecule has 0 unspecified atom stereocenters. The Labute approximate surface area is 155 Å². The molecule has 0 aliphatic heterocycles. The van der Waals surface area contributed by atoms with Crippen LogP contribution in [0.5, 0.6) is 11.5 Å². The van der Waals surface area contributed by atoms with E-state index in [9.17, 15) is 0 Å². The summed E-state index contributed by atoms with van der Waals surface area (Å²) in [5.41, 5.74) is 4.12. The van der Waals surface area contributed by atoms with E-state index >= 15 is 0 Å². The highest BCUT2D eigenvalue weighted by Crippen LogP contribution is 2.39. The second-order valence-electron chi connectivity index (χ2n) is 5.83. The number of aromatic amines is 1. The van der Waals surface area contributed by atoms with Crippen molar-refractivity contribution in [1.82, 2.24) is 9.97 Å². The molecule has 6 heteroatoms. The molecule has 2 aromatic carbocycles. The number of H-pyrrole nitrogens is 1. The zero-order chi connectivity index (χ0) is 17.9. The molecule has 0 amide bonds. The van der Waals surface area contributed by atoms with Crippen molar-refractivity contribution >= 4 is 27.4 Å². The number of ether oxygens (including phenoxy) is 2. The van der Waals surface area contributed by atoms with E-state index in [1.54, 1.807) is 25.6 Å². The van der Waals surface area contributed by atoms with Crippen LogP contribution >= 0.6 is 11.3 Å². The predicted octanol–water partition coefficient (Wildman–Crippen LogP) is 4.92. The molecule has 5 nitrogen and oxygen atoms in total. The normalized spacial score (nSPS) is 10.8. The van der Waals surface area contributed by atoms with Crippen LogP contribution in [0.15, 0.2) is 54.0 Å². The molecule has 0 saturated heterocycles. The second-order valence-corrected chi connectivity index (χ2v) is 6.69. The van der Waals surface area contributed by atoms with Crippen molar-refractivity contribution in [3.05, 3.63) is 59.6 Å². The average Bonchev–Trinajstić information content (AvgIpc) is 3.33. The van der Waals surface area contributed by atoms with E-state index in [2.05, 4.69) is 27.8 Å². The van der Waals surface area contributed by atoms with Crippen molar-refractivity contribution in [3.8, 4) is 22.8 Å². The number of aromatic nitrogens is 2. The van der Waals surface area contributed by atoms with Crippen LogP contribution in [-0.4, -0.2) is 24.2 Å². The van der Waals surface area contributed by atoms with Gasteiger partial charge in [0.2, 0.25) is 0 Å². The molecule has 2 heterocycles. The SMILES string of the molecule is COc1cc(OC)c2c(-c3csc(NCc4ccccc4)n3)c[nH]c2c1. The number of nitrogens with zero attached hydrogens (tertiary/aromatic N) is 1. The van der Waals surface area contributed by atoms with Crippen LogP contribution < -0.4 is 14.8 Å². The third kappa shape index (κ3) is 3.11. The number of rotatable bonds is 6. The fourth-order valence-corrected chi connectivity index (χ4v) is 3.65. The van der Waals surface area contributed by atoms with Crippen LogP contribution in [0.4, 0.5) is 5.13 Å². The number of hydrogen-bond acceptors (Lipinski definition) is 5. The zero-order valence-electron chi connectivity index (χ0n) is 14.6. The van der Waals surface area contributed by atoms with Crippen molar-refractivity contribution in [3.63, 3.8) is 0 Å². The number of nitrogens with one attached hydrogen (secondary N) is 2. The van der Waals surface area contributed by atoms with Gasteiger partial charge >= 0.3 is 0 Å². The van der Waals surface area contributed by atoms with Crippen LogP contribution in [0, 0.1) is 0 Å². The molecule has 0 aliphatic carbocycles. The maximum atomic E-state index is 5.56. The Bertz CT molecular complexity index is 1020. The number of methoxy groups -OCH3 is 2. The van der Waals surface area contributed by atoms with Crippen LogP contribution in [0.3, 0.4) is 0 Å². The fraction of sp³-hybridized carbons (Fsp3) is 0.150. The van der Waals surface area contributed by atoms with Gasteiger partial charge in [-0.2, -0.15) is 0 Å². The summed E-state index contributed by atoms with van der Waals surface area (Å²) in [6.45, 7) is 0.752. The molecule has 0 fully saturated rings. The monoisotopic (exact) mass is 365 g/mol. The summed E-state index contributed by atoms with van der Waals surface area (Å²) >= 11 is 1.60. The number of hydrogen-bond donors (Lipinski definition) is 2. The van der Waals surface area contributed by atoms with Gasteiger partial charge in [-0.3, -0.25) is 0 Å². The van der Waals surface area contributed by atoms with Gasteiger partial charge in [0, 0.05) is 35.8 Å². The first-order chi connectivity index (χ1) is 12.8. The minimum atomic E-state index is 0.752. The van der Waals surface area contributed by atoms with Gasteiger partial charge in [0.05, 0.1) is 30.8 Å². The standard InChI is InChI=1S/C20H19N3O2S/c1-24-14-8-16-19(18(9-14)25-2)15(11-21-16)17-12-26-20(23-17)22-10-13-6-4-3-5-7-13/h3-9,11-12,21H,10H2,1-2H3,(H,22,23). The maximum Gasteiger partial charge on any atom is 0.183 e. The lowest BCUT2D eigenvalue weighted by molar-refractivity contribution is 0.398. The Morgan fingerprint density at radius 1 is 1.12 bits per heavy atom. The van der Waals surface area contributed by atoms with Gasteiger partial charge in [0.1, 0.15) is 11.5 Å². The summed E-state index contributed by atoms with van der Waals surface area (Å²) in [4.78, 5) is 8.02. The van der Waals surface area contributed by atoms with Gasteiger partial charge in [0.15, 0.2) is 5.13 Å². The van der Waals surface area contributed by atoms with E-state index in [0.717, 1.165) is 45.3 Å². The van der Waals surface area contributed by atoms with E-state index in [0.29, 0.717) is 0 Å². The smallest absolute Gasteiger partial charge is 0.183 e. The Balaban J connectivity index is 1.63. The lowest BCUT2D eigenvalue weighted by Gasteiger charge is -2.07. The number of benzene rings is 2. The molecule has 4 aromatic rings. The van der Waals surface area contributed by atoms with Crippen LogP contribution in [0.1, 0.15) is 5.56 Å². The highest BCUT2D eigenvalue weighted by atomic mass is 32.1. The first-order valence-electron chi connectivity index (χ1n) is 8.25. The predicted molar refractivity (Wildman–Crippen MR) is 106 cm³/mol. The maximum absolute atomic E-state index is 5.56. The van der Waals surface area contributed by atoms with Gasteiger partial charge in [-0.15, -0.1) is 11.3 Å². The molecule has 0 aliphatic rings. The van der Waals surface area contributed by atoms with Gasteiger partial charge in [-0.1, -0.05) is 30.3 Å². The summed E-state index contributed by atoms with van der Waals surface area (Å²) < 4.78 is 10.9. The molecule has 4 rings (SSSR count). The lowest BCUT2D eigenvalue weighted by Crippen LogP contribution is -1.98. The summed E-state index contributed by atoms with van der Waals surface area (Å²) in [5, 5.41) is 7.34. The molecule has 0 spiro atoms. The van der Waals surface area contributed by atoms with Crippen molar-refractivity contribution < 1.29 is 9.47 Å². The quantitative estimate of drug-likeness (QED) is 0.509. The molecule has 26 heavy (non-hydrogen) atoms. The van der Waals surface area contributed by atoms with Gasteiger partial charge in [-0.05, 0) is 5.56 Å². The number of anilines is 1. The van der Waals surface area contributed by atoms with Gasteiger partial charge in [-0.25, -0.2) is 4.98 Å². The highest BCUT2D eigenvalue weighted by molar-refractivity contribution is 7.14. The summed E-state index contributed by atoms with van der Waals surface area (Å²) in [5.74, 6) is 1.52. The van der Waals surface area contributed by atoms with Crippen LogP contribution in [0.25, 0.3) is 22.2 Å². The Kier molecular flexibility index (Phi) is 4.50. The van der Waals surface area contributed by atoms with Gasteiger partial charge in [0.25, 0.3) is 0 Å². The summed E-state index contributed by atoms with van der Waals surface area (Å²) in [6, 6.07) is 14.1. The van der Waals surface area contributed by atoms with E-state index < -0.39 is 0 Å². The van der Waals surface area contributed by atoms with Crippen molar-refractivity contribution in [2.45, 2.75) is 6.54 Å². The average molecular weight is 365 g/mol. The third-order valence-corrected chi connectivity index (χ3v) is 5.04. The molecule has 0 atom stereocenters. The molecule has 2 aromatic heterocycles. The molecular weight excluding hydrogens is 346 g/mol. The number of fused-ring (bicyclic) bond motifs is 1. The molecule has 0 saturated carbocycles. The Morgan fingerprint density at radius 3 is 2.73 bits per heavy atom. The lowest BCUT2D eigenvalue weighted by atomic mass is 10.1. The van der Waals surface area contributed by atoms with Gasteiger partial charge < -0.3 is 19.8 Å². The van der Waals surface area contributed by atoms with Crippen molar-refractivity contribution in [1.29, 1.82) is 0 Å². The first-order valence-corrected chi connectivity index (χ1v) is 9.13. The summed E-state index contributed by atoms with van der Waals surface area (Å²) in [6.07, 6.45) is 1.96.